The van der Waals surface area contributed by atoms with Gasteiger partial charge in [0, 0.05) is 16.8 Å². The minimum atomic E-state index is -0.748. The van der Waals surface area contributed by atoms with Gasteiger partial charge in [-0.25, -0.2) is 4.39 Å². The van der Waals surface area contributed by atoms with Gasteiger partial charge in [0.05, 0.1) is 22.2 Å². The zero-order valence-electron chi connectivity index (χ0n) is 9.93. The van der Waals surface area contributed by atoms with E-state index in [1.807, 2.05) is 6.07 Å². The molecule has 0 aliphatic heterocycles. The molecule has 2 aromatic rings. The molecule has 0 amide bonds. The van der Waals surface area contributed by atoms with Crippen molar-refractivity contribution in [1.29, 1.82) is 5.26 Å². The molecule has 0 aliphatic carbocycles. The monoisotopic (exact) mass is 291 g/mol. The number of nitro benzene ring substituents is 1. The van der Waals surface area contributed by atoms with E-state index in [9.17, 15) is 14.5 Å². The minimum absolute atomic E-state index is 0.162. The summed E-state index contributed by atoms with van der Waals surface area (Å²) in [6.07, 6.45) is 0. The van der Waals surface area contributed by atoms with Crippen molar-refractivity contribution in [1.82, 2.24) is 0 Å². The van der Waals surface area contributed by atoms with Gasteiger partial charge in [-0.1, -0.05) is 11.6 Å². The smallest absolute Gasteiger partial charge is 0.274 e. The van der Waals surface area contributed by atoms with Crippen LogP contribution in [0, 0.1) is 27.3 Å². The number of benzene rings is 2. The maximum Gasteiger partial charge on any atom is 0.274 e. The molecule has 5 nitrogen and oxygen atoms in total. The number of nitrogens with one attached hydrogen (secondary N) is 1. The molecule has 1 N–H and O–H groups in total. The largest absolute Gasteiger partial charge is 0.354 e. The lowest BCUT2D eigenvalue weighted by atomic mass is 10.2. The number of nitro groups is 1. The molecule has 0 aromatic heterocycles. The summed E-state index contributed by atoms with van der Waals surface area (Å²) in [6.45, 7) is 0. The van der Waals surface area contributed by atoms with Crippen LogP contribution in [0.1, 0.15) is 5.56 Å². The van der Waals surface area contributed by atoms with Gasteiger partial charge in [-0.3, -0.25) is 10.1 Å². The van der Waals surface area contributed by atoms with Crippen molar-refractivity contribution in [3.63, 3.8) is 0 Å². The van der Waals surface area contributed by atoms with E-state index in [-0.39, 0.29) is 11.4 Å². The first-order chi connectivity index (χ1) is 9.49. The van der Waals surface area contributed by atoms with Crippen LogP contribution in [0.4, 0.5) is 21.5 Å². The van der Waals surface area contributed by atoms with Crippen LogP contribution < -0.4 is 5.32 Å². The molecule has 20 heavy (non-hydrogen) atoms. The van der Waals surface area contributed by atoms with Gasteiger partial charge in [-0.15, -0.1) is 0 Å². The molecule has 0 aliphatic rings. The Hall–Kier alpha value is -2.65. The number of hydrogen-bond acceptors (Lipinski definition) is 4. The lowest BCUT2D eigenvalue weighted by Crippen LogP contribution is -1.96. The fraction of sp³-hybridized carbons (Fsp3) is 0. The second-order valence-electron chi connectivity index (χ2n) is 3.88. The van der Waals surface area contributed by atoms with Gasteiger partial charge in [-0.05, 0) is 24.3 Å². The summed E-state index contributed by atoms with van der Waals surface area (Å²) < 4.78 is 13.3. The number of anilines is 2. The van der Waals surface area contributed by atoms with E-state index < -0.39 is 10.7 Å². The van der Waals surface area contributed by atoms with Crippen molar-refractivity contribution in [2.24, 2.45) is 0 Å². The Morgan fingerprint density at radius 1 is 1.30 bits per heavy atom. The molecule has 0 fully saturated rings. The van der Waals surface area contributed by atoms with E-state index >= 15 is 0 Å². The zero-order chi connectivity index (χ0) is 14.7. The highest BCUT2D eigenvalue weighted by Gasteiger charge is 2.11. The number of rotatable bonds is 3. The summed E-state index contributed by atoms with van der Waals surface area (Å²) in [5.74, 6) is -0.748. The second-order valence-corrected chi connectivity index (χ2v) is 4.32. The molecule has 2 rings (SSSR count). The highest BCUT2D eigenvalue weighted by Crippen LogP contribution is 2.27. The molecule has 0 radical (unpaired) electrons. The average molecular weight is 292 g/mol. The normalized spacial score (nSPS) is 9.85. The summed E-state index contributed by atoms with van der Waals surface area (Å²) in [5.41, 5.74) is 0.421. The fourth-order valence-corrected chi connectivity index (χ4v) is 1.80. The Morgan fingerprint density at radius 3 is 2.70 bits per heavy atom. The van der Waals surface area contributed by atoms with E-state index in [1.54, 1.807) is 6.07 Å². The van der Waals surface area contributed by atoms with E-state index in [0.29, 0.717) is 16.3 Å². The lowest BCUT2D eigenvalue weighted by Gasteiger charge is -2.08. The van der Waals surface area contributed by atoms with Crippen LogP contribution in [0.2, 0.25) is 5.02 Å². The number of nitriles is 1. The van der Waals surface area contributed by atoms with E-state index in [4.69, 9.17) is 16.9 Å². The molecule has 0 heterocycles. The van der Waals surface area contributed by atoms with E-state index in [1.165, 1.54) is 18.2 Å². The first-order valence-corrected chi connectivity index (χ1v) is 5.79. The number of nitrogens with zero attached hydrogens (tertiary/aromatic N) is 2. The van der Waals surface area contributed by atoms with Crippen molar-refractivity contribution in [2.75, 3.05) is 5.32 Å². The second kappa shape index (κ2) is 5.55. The van der Waals surface area contributed by atoms with Crippen LogP contribution in [0.3, 0.4) is 0 Å². The SMILES string of the molecule is N#Cc1ccc(Cl)cc1Nc1cc(F)cc([N+](=O)[O-])c1. The molecule has 7 heteroatoms. The van der Waals surface area contributed by atoms with Gasteiger partial charge >= 0.3 is 0 Å². The van der Waals surface area contributed by atoms with Crippen LogP contribution in [-0.4, -0.2) is 4.92 Å². The third-order valence-electron chi connectivity index (χ3n) is 2.47. The molecule has 0 saturated heterocycles. The first kappa shape index (κ1) is 13.8. The van der Waals surface area contributed by atoms with Crippen molar-refractivity contribution in [3.8, 4) is 6.07 Å². The average Bonchev–Trinajstić information content (AvgIpc) is 2.38. The van der Waals surface area contributed by atoms with Gasteiger partial charge in [-0.2, -0.15) is 5.26 Å². The first-order valence-electron chi connectivity index (χ1n) is 5.41. The van der Waals surface area contributed by atoms with Crippen LogP contribution in [0.15, 0.2) is 36.4 Å². The predicted octanol–water partition coefficient (Wildman–Crippen LogP) is 4.00. The summed E-state index contributed by atoms with van der Waals surface area (Å²) >= 11 is 5.82. The Bertz CT molecular complexity index is 728. The fourth-order valence-electron chi connectivity index (χ4n) is 1.62. The standard InChI is InChI=1S/C13H7ClFN3O2/c14-9-2-1-8(7-16)13(3-9)17-11-4-10(15)5-12(6-11)18(19)20/h1-6,17H. The number of halogens is 2. The van der Waals surface area contributed by atoms with Crippen molar-refractivity contribution >= 4 is 28.7 Å². The minimum Gasteiger partial charge on any atom is -0.354 e. The Balaban J connectivity index is 2.42. The molecular weight excluding hydrogens is 285 g/mol. The Morgan fingerprint density at radius 2 is 2.05 bits per heavy atom. The van der Waals surface area contributed by atoms with Crippen LogP contribution in [0.25, 0.3) is 0 Å². The van der Waals surface area contributed by atoms with Crippen molar-refractivity contribution in [2.45, 2.75) is 0 Å². The Kier molecular flexibility index (Phi) is 3.82. The topological polar surface area (TPSA) is 79.0 Å². The van der Waals surface area contributed by atoms with E-state index in [0.717, 1.165) is 12.1 Å². The number of non-ortho nitro benzene ring substituents is 1. The van der Waals surface area contributed by atoms with Crippen molar-refractivity contribution in [3.05, 3.63) is 62.9 Å². The van der Waals surface area contributed by atoms with Gasteiger partial charge in [0.2, 0.25) is 0 Å². The molecule has 100 valence electrons. The van der Waals surface area contributed by atoms with Gasteiger partial charge in [0.25, 0.3) is 5.69 Å². The summed E-state index contributed by atoms with van der Waals surface area (Å²) in [6, 6.07) is 9.55. The summed E-state index contributed by atoms with van der Waals surface area (Å²) in [7, 11) is 0. The molecule has 0 unspecified atom stereocenters. The molecule has 0 spiro atoms. The third-order valence-corrected chi connectivity index (χ3v) is 2.71. The molecule has 0 bridgehead atoms. The highest BCUT2D eigenvalue weighted by molar-refractivity contribution is 6.30. The molecule has 2 aromatic carbocycles. The predicted molar refractivity (Wildman–Crippen MR) is 72.5 cm³/mol. The molecule has 0 atom stereocenters. The summed E-state index contributed by atoms with van der Waals surface area (Å²) in [4.78, 5) is 9.98. The van der Waals surface area contributed by atoms with Gasteiger partial charge < -0.3 is 5.32 Å². The van der Waals surface area contributed by atoms with Crippen LogP contribution >= 0.6 is 11.6 Å². The maximum atomic E-state index is 13.3. The summed E-state index contributed by atoms with van der Waals surface area (Å²) in [5, 5.41) is 22.8. The maximum absolute atomic E-state index is 13.3. The van der Waals surface area contributed by atoms with Gasteiger partial charge in [0.15, 0.2) is 0 Å². The Labute approximate surface area is 118 Å². The van der Waals surface area contributed by atoms with Gasteiger partial charge in [0.1, 0.15) is 11.9 Å². The quantitative estimate of drug-likeness (QED) is 0.684. The van der Waals surface area contributed by atoms with Crippen LogP contribution in [0.5, 0.6) is 0 Å². The zero-order valence-corrected chi connectivity index (χ0v) is 10.7. The molecular formula is C13H7ClFN3O2. The lowest BCUT2D eigenvalue weighted by molar-refractivity contribution is -0.385. The van der Waals surface area contributed by atoms with Crippen LogP contribution in [-0.2, 0) is 0 Å². The third kappa shape index (κ3) is 3.02. The van der Waals surface area contributed by atoms with E-state index in [2.05, 4.69) is 5.32 Å². The molecule has 0 saturated carbocycles. The number of hydrogen-bond donors (Lipinski definition) is 1. The van der Waals surface area contributed by atoms with Crippen molar-refractivity contribution < 1.29 is 9.31 Å². The highest BCUT2D eigenvalue weighted by atomic mass is 35.5.